The van der Waals surface area contributed by atoms with Crippen molar-refractivity contribution in [2.24, 2.45) is 11.3 Å². The van der Waals surface area contributed by atoms with E-state index in [1.807, 2.05) is 13.0 Å². The van der Waals surface area contributed by atoms with Gasteiger partial charge in [-0.1, -0.05) is 18.1 Å². The van der Waals surface area contributed by atoms with Gasteiger partial charge in [0.1, 0.15) is 0 Å². The third kappa shape index (κ3) is 1.49. The Bertz CT molecular complexity index is 308. The largest absolute Gasteiger partial charge is 0.481 e. The topological polar surface area (TPSA) is 57.5 Å². The van der Waals surface area contributed by atoms with Crippen LogP contribution >= 0.6 is 0 Å². The summed E-state index contributed by atoms with van der Waals surface area (Å²) in [5.74, 6) is -1.24. The molecule has 0 amide bonds. The first-order valence-corrected chi connectivity index (χ1v) is 5.65. The zero-order chi connectivity index (χ0) is 11.1. The van der Waals surface area contributed by atoms with Gasteiger partial charge in [-0.3, -0.25) is 4.79 Å². The number of aliphatic carboxylic acids is 1. The Morgan fingerprint density at radius 1 is 1.53 bits per heavy atom. The zero-order valence-corrected chi connectivity index (χ0v) is 9.07. The van der Waals surface area contributed by atoms with Gasteiger partial charge in [-0.25, -0.2) is 0 Å². The fourth-order valence-corrected chi connectivity index (χ4v) is 3.43. The van der Waals surface area contributed by atoms with Crippen LogP contribution in [-0.2, 0) is 4.79 Å². The molecule has 3 nitrogen and oxygen atoms in total. The van der Waals surface area contributed by atoms with E-state index in [1.165, 1.54) is 0 Å². The van der Waals surface area contributed by atoms with E-state index < -0.39 is 18.0 Å². The molecule has 84 valence electrons. The summed E-state index contributed by atoms with van der Waals surface area (Å²) in [5, 5.41) is 19.4. The van der Waals surface area contributed by atoms with Crippen LogP contribution in [0.25, 0.3) is 0 Å². The van der Waals surface area contributed by atoms with Crippen molar-refractivity contribution in [2.75, 3.05) is 0 Å². The van der Waals surface area contributed by atoms with Gasteiger partial charge in [-0.2, -0.15) is 0 Å². The van der Waals surface area contributed by atoms with Crippen LogP contribution in [0.3, 0.4) is 0 Å². The van der Waals surface area contributed by atoms with Gasteiger partial charge in [0.05, 0.1) is 12.0 Å². The summed E-state index contributed by atoms with van der Waals surface area (Å²) < 4.78 is 0. The molecule has 2 aliphatic rings. The minimum Gasteiger partial charge on any atom is -0.481 e. The number of aliphatic hydroxyl groups is 1. The Morgan fingerprint density at radius 3 is 2.80 bits per heavy atom. The van der Waals surface area contributed by atoms with Crippen molar-refractivity contribution in [3.05, 3.63) is 11.6 Å². The van der Waals surface area contributed by atoms with Crippen LogP contribution < -0.4 is 0 Å². The molecule has 1 fully saturated rings. The molecule has 2 aliphatic carbocycles. The Labute approximate surface area is 89.8 Å². The molecule has 0 saturated heterocycles. The molecule has 1 spiro atoms. The summed E-state index contributed by atoms with van der Waals surface area (Å²) in [6, 6.07) is 0. The highest BCUT2D eigenvalue weighted by Crippen LogP contribution is 2.52. The molecule has 2 N–H and O–H groups in total. The lowest BCUT2D eigenvalue weighted by Gasteiger charge is -2.41. The van der Waals surface area contributed by atoms with E-state index in [9.17, 15) is 15.0 Å². The van der Waals surface area contributed by atoms with Crippen molar-refractivity contribution >= 4 is 5.97 Å². The van der Waals surface area contributed by atoms with Gasteiger partial charge in [0.25, 0.3) is 0 Å². The Morgan fingerprint density at radius 2 is 2.27 bits per heavy atom. The van der Waals surface area contributed by atoms with Gasteiger partial charge in [0.2, 0.25) is 0 Å². The van der Waals surface area contributed by atoms with E-state index in [0.29, 0.717) is 0 Å². The van der Waals surface area contributed by atoms with Crippen LogP contribution in [0.4, 0.5) is 0 Å². The third-order valence-electron chi connectivity index (χ3n) is 4.14. The van der Waals surface area contributed by atoms with Gasteiger partial charge in [0, 0.05) is 5.41 Å². The fourth-order valence-electron chi connectivity index (χ4n) is 3.43. The number of hydrogen-bond donors (Lipinski definition) is 2. The molecule has 2 rings (SSSR count). The SMILES string of the molecule is CC1=CCCC2(CCCC2O)C1C(=O)O. The molecule has 0 aliphatic heterocycles. The highest BCUT2D eigenvalue weighted by atomic mass is 16.4. The highest BCUT2D eigenvalue weighted by molar-refractivity contribution is 5.75. The molecule has 3 atom stereocenters. The number of carbonyl (C=O) groups is 1. The second kappa shape index (κ2) is 3.63. The summed E-state index contributed by atoms with van der Waals surface area (Å²) in [6.45, 7) is 1.88. The summed E-state index contributed by atoms with van der Waals surface area (Å²) in [5.41, 5.74) is 0.555. The lowest BCUT2D eigenvalue weighted by molar-refractivity contribution is -0.148. The molecule has 0 aromatic heterocycles. The van der Waals surface area contributed by atoms with E-state index in [1.54, 1.807) is 0 Å². The second-order valence-corrected chi connectivity index (χ2v) is 4.90. The number of rotatable bonds is 1. The van der Waals surface area contributed by atoms with Crippen molar-refractivity contribution in [2.45, 2.75) is 45.1 Å². The van der Waals surface area contributed by atoms with Crippen molar-refractivity contribution in [3.8, 4) is 0 Å². The predicted molar refractivity (Wildman–Crippen MR) is 56.4 cm³/mol. The lowest BCUT2D eigenvalue weighted by atomic mass is 9.64. The van der Waals surface area contributed by atoms with Gasteiger partial charge in [-0.05, 0) is 32.6 Å². The molecule has 0 heterocycles. The van der Waals surface area contributed by atoms with E-state index in [0.717, 1.165) is 37.7 Å². The molecule has 0 aromatic rings. The van der Waals surface area contributed by atoms with Crippen LogP contribution in [0.5, 0.6) is 0 Å². The number of carboxylic acids is 1. The summed E-state index contributed by atoms with van der Waals surface area (Å²) in [7, 11) is 0. The van der Waals surface area contributed by atoms with Crippen LogP contribution in [-0.4, -0.2) is 22.3 Å². The van der Waals surface area contributed by atoms with E-state index >= 15 is 0 Å². The predicted octanol–water partition coefficient (Wildman–Crippen LogP) is 1.96. The van der Waals surface area contributed by atoms with E-state index in [-0.39, 0.29) is 5.41 Å². The van der Waals surface area contributed by atoms with Crippen LogP contribution in [0.2, 0.25) is 0 Å². The first kappa shape index (κ1) is 10.7. The maximum absolute atomic E-state index is 11.3. The molecular formula is C12H18O3. The van der Waals surface area contributed by atoms with Gasteiger partial charge in [0.15, 0.2) is 0 Å². The molecule has 3 heteroatoms. The molecular weight excluding hydrogens is 192 g/mol. The van der Waals surface area contributed by atoms with E-state index in [2.05, 4.69) is 0 Å². The minimum absolute atomic E-state index is 0.370. The monoisotopic (exact) mass is 210 g/mol. The molecule has 0 radical (unpaired) electrons. The van der Waals surface area contributed by atoms with Gasteiger partial charge >= 0.3 is 5.97 Å². The second-order valence-electron chi connectivity index (χ2n) is 4.90. The smallest absolute Gasteiger partial charge is 0.311 e. The fraction of sp³-hybridized carbons (Fsp3) is 0.750. The quantitative estimate of drug-likeness (QED) is 0.650. The molecule has 0 bridgehead atoms. The van der Waals surface area contributed by atoms with Crippen LogP contribution in [0.1, 0.15) is 39.0 Å². The number of hydrogen-bond acceptors (Lipinski definition) is 2. The molecule has 3 unspecified atom stereocenters. The maximum atomic E-state index is 11.3. The highest BCUT2D eigenvalue weighted by Gasteiger charge is 2.52. The Hall–Kier alpha value is -0.830. The number of aliphatic hydroxyl groups excluding tert-OH is 1. The molecule has 1 saturated carbocycles. The van der Waals surface area contributed by atoms with Gasteiger partial charge < -0.3 is 10.2 Å². The molecule has 15 heavy (non-hydrogen) atoms. The van der Waals surface area contributed by atoms with Crippen molar-refractivity contribution in [1.29, 1.82) is 0 Å². The summed E-state index contributed by atoms with van der Waals surface area (Å²) in [4.78, 5) is 11.3. The molecule has 0 aromatic carbocycles. The van der Waals surface area contributed by atoms with Crippen LogP contribution in [0.15, 0.2) is 11.6 Å². The summed E-state index contributed by atoms with van der Waals surface area (Å²) in [6.07, 6.45) is 5.89. The first-order chi connectivity index (χ1) is 7.08. The van der Waals surface area contributed by atoms with Crippen molar-refractivity contribution in [1.82, 2.24) is 0 Å². The van der Waals surface area contributed by atoms with Crippen molar-refractivity contribution < 1.29 is 15.0 Å². The lowest BCUT2D eigenvalue weighted by Crippen LogP contribution is -2.44. The van der Waals surface area contributed by atoms with Gasteiger partial charge in [-0.15, -0.1) is 0 Å². The van der Waals surface area contributed by atoms with Crippen LogP contribution in [0, 0.1) is 11.3 Å². The maximum Gasteiger partial charge on any atom is 0.311 e. The Balaban J connectivity index is 2.38. The van der Waals surface area contributed by atoms with E-state index in [4.69, 9.17) is 0 Å². The summed E-state index contributed by atoms with van der Waals surface area (Å²) >= 11 is 0. The number of carboxylic acid groups (broad SMARTS) is 1. The third-order valence-corrected chi connectivity index (χ3v) is 4.14. The minimum atomic E-state index is -0.774. The average Bonchev–Trinajstić information content (AvgIpc) is 2.48. The van der Waals surface area contributed by atoms with Crippen molar-refractivity contribution in [3.63, 3.8) is 0 Å². The zero-order valence-electron chi connectivity index (χ0n) is 9.07. The standard InChI is InChI=1S/C12H18O3/c1-8-4-2-6-12(10(8)11(14)15)7-3-5-9(12)13/h4,9-10,13H,2-3,5-7H2,1H3,(H,14,15). The normalized spacial score (nSPS) is 40.5. The average molecular weight is 210 g/mol. The first-order valence-electron chi connectivity index (χ1n) is 5.65. The number of allylic oxidation sites excluding steroid dienone is 1. The Kier molecular flexibility index (Phi) is 2.59.